The molecule has 1 aromatic carbocycles. The summed E-state index contributed by atoms with van der Waals surface area (Å²) in [5.74, 6) is -0.171. The normalized spacial score (nSPS) is 17.2. The lowest BCUT2D eigenvalue weighted by Gasteiger charge is -2.17. The zero-order valence-corrected chi connectivity index (χ0v) is 17.4. The predicted octanol–water partition coefficient (Wildman–Crippen LogP) is 2.15. The summed E-state index contributed by atoms with van der Waals surface area (Å²) in [6.45, 7) is 4.70. The van der Waals surface area contributed by atoms with Gasteiger partial charge in [0.05, 0.1) is 24.3 Å². The van der Waals surface area contributed by atoms with Crippen LogP contribution in [0.4, 0.5) is 0 Å². The van der Waals surface area contributed by atoms with E-state index in [9.17, 15) is 9.59 Å². The second-order valence-corrected chi connectivity index (χ2v) is 7.54. The first-order valence-electron chi connectivity index (χ1n) is 8.62. The van der Waals surface area contributed by atoms with E-state index in [0.717, 1.165) is 41.3 Å². The maximum atomic E-state index is 11.8. The predicted molar refractivity (Wildman–Crippen MR) is 110 cm³/mol. The molecule has 0 atom stereocenters. The van der Waals surface area contributed by atoms with Crippen LogP contribution < -0.4 is 10.1 Å². The molecule has 0 saturated carbocycles. The minimum Gasteiger partial charge on any atom is -0.491 e. The lowest BCUT2D eigenvalue weighted by atomic mass is 10.1. The van der Waals surface area contributed by atoms with Gasteiger partial charge in [0.2, 0.25) is 0 Å². The molecule has 0 bridgehead atoms. The van der Waals surface area contributed by atoms with Crippen LogP contribution in [-0.2, 0) is 20.9 Å². The maximum absolute atomic E-state index is 11.8. The summed E-state index contributed by atoms with van der Waals surface area (Å²) < 4.78 is 10.4. The number of thioether (sulfide) groups is 1. The van der Waals surface area contributed by atoms with E-state index in [1.54, 1.807) is 6.21 Å². The number of amides is 1. The first-order valence-corrected chi connectivity index (χ1v) is 9.44. The highest BCUT2D eigenvalue weighted by Crippen LogP contribution is 2.24. The number of nitrogens with one attached hydrogen (secondary N) is 1. The van der Waals surface area contributed by atoms with Gasteiger partial charge in [-0.25, -0.2) is 4.79 Å². The topological polar surface area (TPSA) is 92.6 Å². The Morgan fingerprint density at radius 1 is 1.36 bits per heavy atom. The largest absolute Gasteiger partial charge is 0.491 e. The Morgan fingerprint density at radius 2 is 2.11 bits per heavy atom. The van der Waals surface area contributed by atoms with Crippen molar-refractivity contribution in [3.8, 4) is 5.75 Å². The summed E-state index contributed by atoms with van der Waals surface area (Å²) in [4.78, 5) is 25.3. The number of rotatable bonds is 7. The van der Waals surface area contributed by atoms with Gasteiger partial charge in [-0.05, 0) is 63.5 Å². The van der Waals surface area contributed by atoms with Crippen molar-refractivity contribution >= 4 is 35.0 Å². The van der Waals surface area contributed by atoms with Crippen LogP contribution in [0.2, 0.25) is 0 Å². The summed E-state index contributed by atoms with van der Waals surface area (Å²) in [6, 6.07) is 5.80. The molecule has 0 radical (unpaired) electrons. The average molecular weight is 404 g/mol. The van der Waals surface area contributed by atoms with Gasteiger partial charge < -0.3 is 14.4 Å². The van der Waals surface area contributed by atoms with E-state index in [1.165, 1.54) is 7.11 Å². The molecule has 9 heteroatoms. The van der Waals surface area contributed by atoms with Gasteiger partial charge in [-0.15, -0.1) is 5.10 Å². The van der Waals surface area contributed by atoms with Crippen LogP contribution in [0.25, 0.3) is 0 Å². The van der Waals surface area contributed by atoms with Crippen molar-refractivity contribution in [2.45, 2.75) is 26.5 Å². The number of benzene rings is 1. The fourth-order valence-electron chi connectivity index (χ4n) is 2.30. The third-order valence-corrected chi connectivity index (χ3v) is 4.29. The van der Waals surface area contributed by atoms with E-state index in [2.05, 4.69) is 25.2 Å². The van der Waals surface area contributed by atoms with Gasteiger partial charge in [0.15, 0.2) is 5.17 Å². The highest BCUT2D eigenvalue weighted by Gasteiger charge is 2.25. The molecule has 0 aliphatic carbocycles. The van der Waals surface area contributed by atoms with E-state index in [-0.39, 0.29) is 11.0 Å². The molecule has 150 valence electrons. The van der Waals surface area contributed by atoms with Crippen molar-refractivity contribution in [1.29, 1.82) is 0 Å². The Hall–Kier alpha value is -2.65. The summed E-state index contributed by atoms with van der Waals surface area (Å²) >= 11 is 1.03. The van der Waals surface area contributed by atoms with E-state index in [1.807, 2.05) is 46.1 Å². The van der Waals surface area contributed by atoms with Gasteiger partial charge in [0.25, 0.3) is 5.91 Å². The fraction of sp³-hybridized carbons (Fsp3) is 0.368. The average Bonchev–Trinajstić information content (AvgIpc) is 2.95. The summed E-state index contributed by atoms with van der Waals surface area (Å²) in [5.41, 5.74) is 1.90. The number of nitrogens with zero attached hydrogens (tertiary/aromatic N) is 3. The Bertz CT molecular complexity index is 831. The molecule has 1 aliphatic heterocycles. The number of methoxy groups -OCH3 is 1. The number of carbonyl (C=O) groups is 2. The molecule has 0 aromatic heterocycles. The van der Waals surface area contributed by atoms with E-state index in [4.69, 9.17) is 4.74 Å². The smallest absolute Gasteiger partial charge is 0.331 e. The number of esters is 1. The van der Waals surface area contributed by atoms with Gasteiger partial charge in [0.1, 0.15) is 5.75 Å². The summed E-state index contributed by atoms with van der Waals surface area (Å²) in [7, 11) is 5.23. The van der Waals surface area contributed by atoms with Crippen LogP contribution in [0, 0.1) is 0 Å². The van der Waals surface area contributed by atoms with Crippen molar-refractivity contribution in [3.63, 3.8) is 0 Å². The fourth-order valence-corrected chi connectivity index (χ4v) is 3.04. The lowest BCUT2D eigenvalue weighted by molar-refractivity contribution is -0.135. The number of carbonyl (C=O) groups excluding carboxylic acids is 2. The van der Waals surface area contributed by atoms with Crippen molar-refractivity contribution in [1.82, 2.24) is 10.2 Å². The lowest BCUT2D eigenvalue weighted by Crippen LogP contribution is -2.19. The number of hydrogen-bond acceptors (Lipinski definition) is 8. The summed E-state index contributed by atoms with van der Waals surface area (Å²) in [6.07, 6.45) is 2.80. The Kier molecular flexibility index (Phi) is 7.77. The Labute approximate surface area is 168 Å². The molecule has 1 N–H and O–H groups in total. The number of amidine groups is 1. The third-order valence-electron chi connectivity index (χ3n) is 3.39. The maximum Gasteiger partial charge on any atom is 0.331 e. The van der Waals surface area contributed by atoms with Crippen LogP contribution in [0.1, 0.15) is 25.0 Å². The van der Waals surface area contributed by atoms with E-state index in [0.29, 0.717) is 5.17 Å². The molecule has 1 saturated heterocycles. The van der Waals surface area contributed by atoms with Crippen molar-refractivity contribution in [3.05, 3.63) is 40.3 Å². The zero-order valence-electron chi connectivity index (χ0n) is 16.6. The zero-order chi connectivity index (χ0) is 20.7. The van der Waals surface area contributed by atoms with Gasteiger partial charge in [-0.1, -0.05) is 0 Å². The first kappa shape index (κ1) is 21.6. The molecular formula is C19H24N4O4S. The standard InChI is InChI=1S/C19H24N4O4S/c1-12(2)27-15-7-6-13(8-14(15)11-23(3)4)10-20-22-19-21-18(25)16(28-19)9-17(24)26-5/h6-10,12H,11H2,1-5H3,(H,21,22,25)/b16-9+,20-10?. The van der Waals surface area contributed by atoms with E-state index < -0.39 is 11.9 Å². The molecule has 8 nitrogen and oxygen atoms in total. The monoisotopic (exact) mass is 404 g/mol. The minimum absolute atomic E-state index is 0.0853. The third kappa shape index (κ3) is 6.50. The van der Waals surface area contributed by atoms with Crippen LogP contribution in [0.3, 0.4) is 0 Å². The molecule has 1 amide bonds. The van der Waals surface area contributed by atoms with Crippen LogP contribution in [-0.4, -0.2) is 55.5 Å². The molecular weight excluding hydrogens is 380 g/mol. The van der Waals surface area contributed by atoms with E-state index >= 15 is 0 Å². The van der Waals surface area contributed by atoms with Gasteiger partial charge in [-0.3, -0.25) is 10.1 Å². The molecule has 1 fully saturated rings. The molecule has 1 aromatic rings. The number of hydrogen-bond donors (Lipinski definition) is 1. The molecule has 0 unspecified atom stereocenters. The second kappa shape index (κ2) is 10.0. The Morgan fingerprint density at radius 3 is 2.75 bits per heavy atom. The Balaban J connectivity index is 2.13. The minimum atomic E-state index is -0.598. The number of ether oxygens (including phenoxy) is 2. The second-order valence-electron chi connectivity index (χ2n) is 6.51. The quantitative estimate of drug-likeness (QED) is 0.324. The van der Waals surface area contributed by atoms with Crippen molar-refractivity contribution < 1.29 is 19.1 Å². The van der Waals surface area contributed by atoms with Crippen molar-refractivity contribution in [2.24, 2.45) is 10.2 Å². The molecule has 2 rings (SSSR count). The first-order chi connectivity index (χ1) is 13.3. The highest BCUT2D eigenvalue weighted by atomic mass is 32.2. The molecule has 0 spiro atoms. The highest BCUT2D eigenvalue weighted by molar-refractivity contribution is 8.18. The van der Waals surface area contributed by atoms with Crippen LogP contribution in [0.15, 0.2) is 39.4 Å². The SMILES string of the molecule is COC(=O)/C=C1/S/C(=N\N=Cc2ccc(OC(C)C)c(CN(C)C)c2)NC1=O. The molecule has 1 heterocycles. The van der Waals surface area contributed by atoms with Gasteiger partial charge in [-0.2, -0.15) is 5.10 Å². The van der Waals surface area contributed by atoms with Crippen LogP contribution in [0.5, 0.6) is 5.75 Å². The summed E-state index contributed by atoms with van der Waals surface area (Å²) in [5, 5.41) is 10.9. The molecule has 1 aliphatic rings. The van der Waals surface area contributed by atoms with Gasteiger partial charge in [0, 0.05) is 18.2 Å². The van der Waals surface area contributed by atoms with Crippen LogP contribution >= 0.6 is 11.8 Å². The molecule has 28 heavy (non-hydrogen) atoms. The van der Waals surface area contributed by atoms with Gasteiger partial charge >= 0.3 is 5.97 Å². The van der Waals surface area contributed by atoms with Crippen molar-refractivity contribution in [2.75, 3.05) is 21.2 Å².